The zero-order valence-electron chi connectivity index (χ0n) is 13.1. The van der Waals surface area contributed by atoms with Gasteiger partial charge in [0.1, 0.15) is 0 Å². The highest BCUT2D eigenvalue weighted by Crippen LogP contribution is 2.50. The van der Waals surface area contributed by atoms with Gasteiger partial charge in [0.05, 0.1) is 0 Å². The fraction of sp³-hybridized carbons (Fsp3) is 1.00. The smallest absolute Gasteiger partial charge is 0.0190 e. The van der Waals surface area contributed by atoms with E-state index >= 15 is 0 Å². The first kappa shape index (κ1) is 14.4. The van der Waals surface area contributed by atoms with Crippen molar-refractivity contribution in [3.8, 4) is 0 Å². The highest BCUT2D eigenvalue weighted by atomic mass is 14.8. The van der Waals surface area contributed by atoms with Crippen molar-refractivity contribution in [2.45, 2.75) is 78.7 Å². The lowest BCUT2D eigenvalue weighted by molar-refractivity contribution is 0.0325. The molecule has 0 saturated heterocycles. The Morgan fingerprint density at radius 2 is 1.39 bits per heavy atom. The van der Waals surface area contributed by atoms with Gasteiger partial charge in [0.2, 0.25) is 0 Å². The lowest BCUT2D eigenvalue weighted by Crippen LogP contribution is -2.55. The molecule has 1 nitrogen and oxygen atoms in total. The summed E-state index contributed by atoms with van der Waals surface area (Å²) in [5, 5.41) is 0. The SMILES string of the molecule is CC1CC(C)CC(C2(N)CC(C)CC(C)(C)C2)C1. The molecule has 1 heteroatoms. The van der Waals surface area contributed by atoms with Crippen molar-refractivity contribution < 1.29 is 0 Å². The van der Waals surface area contributed by atoms with Gasteiger partial charge in [-0.05, 0) is 67.6 Å². The van der Waals surface area contributed by atoms with E-state index in [0.717, 1.165) is 23.7 Å². The molecule has 0 aromatic carbocycles. The van der Waals surface area contributed by atoms with Crippen LogP contribution in [0.5, 0.6) is 0 Å². The van der Waals surface area contributed by atoms with Crippen LogP contribution in [0.2, 0.25) is 0 Å². The first-order chi connectivity index (χ1) is 8.20. The molecule has 0 bridgehead atoms. The number of hydrogen-bond acceptors (Lipinski definition) is 1. The average Bonchev–Trinajstić information content (AvgIpc) is 2.11. The fourth-order valence-electron chi connectivity index (χ4n) is 5.43. The minimum absolute atomic E-state index is 0.115. The highest BCUT2D eigenvalue weighted by molar-refractivity contribution is 5.02. The molecule has 2 N–H and O–H groups in total. The van der Waals surface area contributed by atoms with Crippen LogP contribution in [0.3, 0.4) is 0 Å². The standard InChI is InChI=1S/C17H33N/c1-12-6-13(2)8-15(7-12)17(18)10-14(3)9-16(4,5)11-17/h12-15H,6-11,18H2,1-5H3. The Bertz CT molecular complexity index is 286. The molecule has 0 heterocycles. The van der Waals surface area contributed by atoms with Gasteiger partial charge in [0.25, 0.3) is 0 Å². The van der Waals surface area contributed by atoms with Crippen molar-refractivity contribution in [3.63, 3.8) is 0 Å². The minimum atomic E-state index is 0.115. The topological polar surface area (TPSA) is 26.0 Å². The van der Waals surface area contributed by atoms with Gasteiger partial charge in [-0.15, -0.1) is 0 Å². The van der Waals surface area contributed by atoms with Crippen molar-refractivity contribution in [1.82, 2.24) is 0 Å². The van der Waals surface area contributed by atoms with Gasteiger partial charge >= 0.3 is 0 Å². The average molecular weight is 251 g/mol. The van der Waals surface area contributed by atoms with Crippen LogP contribution in [0.25, 0.3) is 0 Å². The molecular weight excluding hydrogens is 218 g/mol. The van der Waals surface area contributed by atoms with Crippen LogP contribution < -0.4 is 5.73 Å². The predicted molar refractivity (Wildman–Crippen MR) is 79.4 cm³/mol. The predicted octanol–water partition coefficient (Wildman–Crippen LogP) is 4.60. The van der Waals surface area contributed by atoms with E-state index in [9.17, 15) is 0 Å². The summed E-state index contributed by atoms with van der Waals surface area (Å²) in [6.07, 6.45) is 7.97. The van der Waals surface area contributed by atoms with Gasteiger partial charge in [0.15, 0.2) is 0 Å². The molecule has 0 aromatic heterocycles. The second-order valence-corrected chi connectivity index (χ2v) is 8.70. The van der Waals surface area contributed by atoms with E-state index in [1.54, 1.807) is 0 Å². The van der Waals surface area contributed by atoms with Crippen LogP contribution >= 0.6 is 0 Å². The Balaban J connectivity index is 2.14. The van der Waals surface area contributed by atoms with Crippen LogP contribution in [0.15, 0.2) is 0 Å². The summed E-state index contributed by atoms with van der Waals surface area (Å²) in [5.41, 5.74) is 7.48. The molecule has 0 amide bonds. The van der Waals surface area contributed by atoms with E-state index in [-0.39, 0.29) is 5.54 Å². The van der Waals surface area contributed by atoms with Crippen LogP contribution in [-0.4, -0.2) is 5.54 Å². The molecule has 2 saturated carbocycles. The molecule has 0 aromatic rings. The highest BCUT2D eigenvalue weighted by Gasteiger charge is 2.46. The van der Waals surface area contributed by atoms with Gasteiger partial charge in [-0.25, -0.2) is 0 Å². The van der Waals surface area contributed by atoms with Crippen molar-refractivity contribution >= 4 is 0 Å². The summed E-state index contributed by atoms with van der Waals surface area (Å²) in [7, 11) is 0. The Kier molecular flexibility index (Phi) is 3.84. The minimum Gasteiger partial charge on any atom is -0.325 e. The Morgan fingerprint density at radius 1 is 0.833 bits per heavy atom. The maximum absolute atomic E-state index is 6.92. The van der Waals surface area contributed by atoms with E-state index in [0.29, 0.717) is 5.41 Å². The lowest BCUT2D eigenvalue weighted by atomic mass is 9.57. The van der Waals surface area contributed by atoms with Crippen molar-refractivity contribution in [2.75, 3.05) is 0 Å². The lowest BCUT2D eigenvalue weighted by Gasteiger charge is -2.52. The third-order valence-electron chi connectivity index (χ3n) is 5.43. The summed E-state index contributed by atoms with van der Waals surface area (Å²) in [6, 6.07) is 0. The van der Waals surface area contributed by atoms with E-state index < -0.39 is 0 Å². The molecule has 0 radical (unpaired) electrons. The monoisotopic (exact) mass is 251 g/mol. The zero-order chi connectivity index (χ0) is 13.6. The normalized spacial score (nSPS) is 49.0. The van der Waals surface area contributed by atoms with Crippen LogP contribution in [0.4, 0.5) is 0 Å². The quantitative estimate of drug-likeness (QED) is 0.724. The Hall–Kier alpha value is -0.0400. The number of hydrogen-bond donors (Lipinski definition) is 1. The third kappa shape index (κ3) is 3.10. The van der Waals surface area contributed by atoms with Gasteiger partial charge < -0.3 is 5.73 Å². The van der Waals surface area contributed by atoms with Crippen LogP contribution in [0, 0.1) is 29.1 Å². The molecule has 2 aliphatic rings. The van der Waals surface area contributed by atoms with Crippen molar-refractivity contribution in [2.24, 2.45) is 34.8 Å². The number of rotatable bonds is 1. The molecule has 4 atom stereocenters. The summed E-state index contributed by atoms with van der Waals surface area (Å²) < 4.78 is 0. The van der Waals surface area contributed by atoms with Crippen LogP contribution in [-0.2, 0) is 0 Å². The van der Waals surface area contributed by atoms with Gasteiger partial charge in [0, 0.05) is 5.54 Å². The molecule has 18 heavy (non-hydrogen) atoms. The molecule has 2 aliphatic carbocycles. The molecular formula is C17H33N. The summed E-state index contributed by atoms with van der Waals surface area (Å²) >= 11 is 0. The molecule has 2 rings (SSSR count). The van der Waals surface area contributed by atoms with Crippen molar-refractivity contribution in [3.05, 3.63) is 0 Å². The molecule has 2 fully saturated rings. The maximum Gasteiger partial charge on any atom is 0.0190 e. The Morgan fingerprint density at radius 3 is 1.89 bits per heavy atom. The first-order valence-corrected chi connectivity index (χ1v) is 7.99. The van der Waals surface area contributed by atoms with E-state index in [2.05, 4.69) is 34.6 Å². The van der Waals surface area contributed by atoms with Crippen molar-refractivity contribution in [1.29, 1.82) is 0 Å². The first-order valence-electron chi connectivity index (χ1n) is 7.99. The largest absolute Gasteiger partial charge is 0.325 e. The van der Waals surface area contributed by atoms with Gasteiger partial charge in [-0.2, -0.15) is 0 Å². The van der Waals surface area contributed by atoms with E-state index in [1.807, 2.05) is 0 Å². The maximum atomic E-state index is 6.92. The van der Waals surface area contributed by atoms with Gasteiger partial charge in [-0.1, -0.05) is 34.6 Å². The second kappa shape index (κ2) is 4.81. The molecule has 4 unspecified atom stereocenters. The fourth-order valence-corrected chi connectivity index (χ4v) is 5.43. The Labute approximate surface area is 114 Å². The molecule has 106 valence electrons. The second-order valence-electron chi connectivity index (χ2n) is 8.70. The summed E-state index contributed by atoms with van der Waals surface area (Å²) in [6.45, 7) is 12.1. The van der Waals surface area contributed by atoms with E-state index in [4.69, 9.17) is 5.73 Å². The zero-order valence-corrected chi connectivity index (χ0v) is 13.1. The number of nitrogens with two attached hydrogens (primary N) is 1. The molecule has 0 spiro atoms. The van der Waals surface area contributed by atoms with E-state index in [1.165, 1.54) is 38.5 Å². The molecule has 0 aliphatic heterocycles. The summed E-state index contributed by atoms with van der Waals surface area (Å²) in [4.78, 5) is 0. The summed E-state index contributed by atoms with van der Waals surface area (Å²) in [5.74, 6) is 3.31. The van der Waals surface area contributed by atoms with Gasteiger partial charge in [-0.3, -0.25) is 0 Å². The third-order valence-corrected chi connectivity index (χ3v) is 5.43. The van der Waals surface area contributed by atoms with Crippen LogP contribution in [0.1, 0.15) is 73.1 Å².